The van der Waals surface area contributed by atoms with Gasteiger partial charge in [0, 0.05) is 30.2 Å². The van der Waals surface area contributed by atoms with E-state index in [1.807, 2.05) is 24.3 Å². The number of carbonyl (C=O) groups excluding carboxylic acids is 1. The third-order valence-corrected chi connectivity index (χ3v) is 4.85. The molecule has 25 heavy (non-hydrogen) atoms. The van der Waals surface area contributed by atoms with Crippen LogP contribution in [0, 0.1) is 5.82 Å². The molecule has 0 aliphatic heterocycles. The number of carbonyl (C=O) groups is 1. The molecule has 0 saturated carbocycles. The molecule has 4 heteroatoms. The summed E-state index contributed by atoms with van der Waals surface area (Å²) in [5.41, 5.74) is 4.20. The summed E-state index contributed by atoms with van der Waals surface area (Å²) in [6.07, 6.45) is 2.81. The second kappa shape index (κ2) is 6.28. The fourth-order valence-corrected chi connectivity index (χ4v) is 3.60. The van der Waals surface area contributed by atoms with E-state index in [0.29, 0.717) is 5.56 Å². The van der Waals surface area contributed by atoms with Gasteiger partial charge < -0.3 is 4.90 Å². The van der Waals surface area contributed by atoms with Gasteiger partial charge in [0.1, 0.15) is 5.82 Å². The molecule has 3 nitrogen and oxygen atoms in total. The number of amides is 1. The largest absolute Gasteiger partial charge is 0.337 e. The molecule has 0 atom stereocenters. The Morgan fingerprint density at radius 1 is 1.12 bits per heavy atom. The molecule has 4 rings (SSSR count). The molecule has 0 spiro atoms. The van der Waals surface area contributed by atoms with Crippen molar-refractivity contribution in [2.75, 3.05) is 7.05 Å². The first-order chi connectivity index (χ1) is 12.1. The molecular formula is C21H19FN2O. The topological polar surface area (TPSA) is 33.2 Å². The van der Waals surface area contributed by atoms with Gasteiger partial charge in [0.05, 0.1) is 11.1 Å². The summed E-state index contributed by atoms with van der Waals surface area (Å²) < 4.78 is 13.9. The molecule has 2 aromatic carbocycles. The van der Waals surface area contributed by atoms with Gasteiger partial charge in [-0.25, -0.2) is 4.39 Å². The Bertz CT molecular complexity index is 967. The van der Waals surface area contributed by atoms with Gasteiger partial charge in [-0.2, -0.15) is 0 Å². The fourth-order valence-electron chi connectivity index (χ4n) is 3.60. The van der Waals surface area contributed by atoms with Crippen molar-refractivity contribution in [1.82, 2.24) is 9.88 Å². The first-order valence-corrected chi connectivity index (χ1v) is 8.54. The van der Waals surface area contributed by atoms with Crippen molar-refractivity contribution < 1.29 is 9.18 Å². The van der Waals surface area contributed by atoms with Gasteiger partial charge in [0.25, 0.3) is 5.91 Å². The molecule has 1 amide bonds. The van der Waals surface area contributed by atoms with E-state index in [9.17, 15) is 9.18 Å². The molecule has 0 unspecified atom stereocenters. The summed E-state index contributed by atoms with van der Waals surface area (Å²) in [5, 5.41) is 0.883. The zero-order valence-corrected chi connectivity index (χ0v) is 14.1. The molecule has 1 heterocycles. The molecule has 0 N–H and O–H groups in total. The molecule has 0 saturated heterocycles. The van der Waals surface area contributed by atoms with Crippen molar-refractivity contribution in [1.29, 1.82) is 0 Å². The van der Waals surface area contributed by atoms with E-state index in [2.05, 4.69) is 0 Å². The maximum absolute atomic E-state index is 13.9. The third kappa shape index (κ3) is 2.78. The van der Waals surface area contributed by atoms with Crippen molar-refractivity contribution in [3.05, 3.63) is 76.7 Å². The van der Waals surface area contributed by atoms with Crippen LogP contribution in [0.3, 0.4) is 0 Å². The van der Waals surface area contributed by atoms with Crippen LogP contribution in [0.5, 0.6) is 0 Å². The number of benzene rings is 2. The van der Waals surface area contributed by atoms with Crippen LogP contribution in [0.25, 0.3) is 10.9 Å². The molecular weight excluding hydrogens is 315 g/mol. The second-order valence-corrected chi connectivity index (χ2v) is 6.54. The number of pyridine rings is 1. The number of hydrogen-bond donors (Lipinski definition) is 0. The first-order valence-electron chi connectivity index (χ1n) is 8.54. The standard InChI is InChI=1S/C21H19FN2O/c1-24(13-14-7-2-4-10-17(14)22)21(25)20-15-8-3-5-11-18(15)23-19-12-6-9-16(19)20/h2-5,7-8,10-11H,6,9,12-13H2,1H3. The molecule has 1 aliphatic rings. The molecule has 0 radical (unpaired) electrons. The summed E-state index contributed by atoms with van der Waals surface area (Å²) >= 11 is 0. The third-order valence-electron chi connectivity index (χ3n) is 4.85. The average Bonchev–Trinajstić information content (AvgIpc) is 3.09. The van der Waals surface area contributed by atoms with Crippen molar-refractivity contribution in [2.24, 2.45) is 0 Å². The van der Waals surface area contributed by atoms with Gasteiger partial charge in [-0.1, -0.05) is 36.4 Å². The van der Waals surface area contributed by atoms with Gasteiger partial charge in [-0.05, 0) is 37.0 Å². The van der Waals surface area contributed by atoms with E-state index in [1.54, 1.807) is 30.1 Å². The molecule has 126 valence electrons. The van der Waals surface area contributed by atoms with E-state index in [4.69, 9.17) is 4.98 Å². The molecule has 0 bridgehead atoms. The Balaban J connectivity index is 1.76. The Morgan fingerprint density at radius 3 is 2.72 bits per heavy atom. The Hall–Kier alpha value is -2.75. The lowest BCUT2D eigenvalue weighted by Crippen LogP contribution is -2.28. The van der Waals surface area contributed by atoms with Crippen LogP contribution >= 0.6 is 0 Å². The molecule has 0 fully saturated rings. The van der Waals surface area contributed by atoms with Gasteiger partial charge >= 0.3 is 0 Å². The quantitative estimate of drug-likeness (QED) is 0.721. The Kier molecular flexibility index (Phi) is 3.96. The number of halogens is 1. The first kappa shape index (κ1) is 15.8. The highest BCUT2D eigenvalue weighted by Gasteiger charge is 2.25. The summed E-state index contributed by atoms with van der Waals surface area (Å²) in [6.45, 7) is 0.247. The number of rotatable bonds is 3. The lowest BCUT2D eigenvalue weighted by Gasteiger charge is -2.20. The lowest BCUT2D eigenvalue weighted by molar-refractivity contribution is 0.0784. The zero-order valence-electron chi connectivity index (χ0n) is 14.1. The highest BCUT2D eigenvalue weighted by Crippen LogP contribution is 2.31. The molecule has 1 aliphatic carbocycles. The highest BCUT2D eigenvalue weighted by atomic mass is 19.1. The van der Waals surface area contributed by atoms with E-state index < -0.39 is 0 Å². The zero-order chi connectivity index (χ0) is 17.4. The smallest absolute Gasteiger partial charge is 0.254 e. The maximum atomic E-state index is 13.9. The minimum absolute atomic E-state index is 0.0694. The SMILES string of the molecule is CN(Cc1ccccc1F)C(=O)c1c2c(nc3ccccc13)CCC2. The fraction of sp³-hybridized carbons (Fsp3) is 0.238. The second-order valence-electron chi connectivity index (χ2n) is 6.54. The van der Waals surface area contributed by atoms with Crippen LogP contribution in [0.1, 0.15) is 33.6 Å². The minimum Gasteiger partial charge on any atom is -0.337 e. The number of para-hydroxylation sites is 1. The summed E-state index contributed by atoms with van der Waals surface area (Å²) in [7, 11) is 1.73. The minimum atomic E-state index is -0.285. The average molecular weight is 334 g/mol. The summed E-state index contributed by atoms with van der Waals surface area (Å²) in [5.74, 6) is -0.355. The van der Waals surface area contributed by atoms with E-state index in [0.717, 1.165) is 47.0 Å². The van der Waals surface area contributed by atoms with E-state index in [-0.39, 0.29) is 18.3 Å². The predicted molar refractivity (Wildman–Crippen MR) is 96.0 cm³/mol. The van der Waals surface area contributed by atoms with Crippen LogP contribution in [0.2, 0.25) is 0 Å². The number of nitrogens with zero attached hydrogens (tertiary/aromatic N) is 2. The van der Waals surface area contributed by atoms with Crippen LogP contribution in [-0.4, -0.2) is 22.8 Å². The van der Waals surface area contributed by atoms with Gasteiger partial charge in [0.15, 0.2) is 0 Å². The van der Waals surface area contributed by atoms with Crippen molar-refractivity contribution in [2.45, 2.75) is 25.8 Å². The maximum Gasteiger partial charge on any atom is 0.254 e. The van der Waals surface area contributed by atoms with Crippen molar-refractivity contribution in [3.63, 3.8) is 0 Å². The Morgan fingerprint density at radius 2 is 1.88 bits per heavy atom. The number of aromatic nitrogens is 1. The van der Waals surface area contributed by atoms with Crippen LogP contribution in [0.4, 0.5) is 4.39 Å². The lowest BCUT2D eigenvalue weighted by atomic mass is 10.00. The number of aryl methyl sites for hydroxylation is 1. The Labute approximate surface area is 146 Å². The monoisotopic (exact) mass is 334 g/mol. The van der Waals surface area contributed by atoms with Gasteiger partial charge in [-0.3, -0.25) is 9.78 Å². The normalized spacial score (nSPS) is 13.0. The van der Waals surface area contributed by atoms with Crippen molar-refractivity contribution in [3.8, 4) is 0 Å². The predicted octanol–water partition coefficient (Wildman–Crippen LogP) is 4.13. The number of fused-ring (bicyclic) bond motifs is 2. The van der Waals surface area contributed by atoms with E-state index >= 15 is 0 Å². The number of hydrogen-bond acceptors (Lipinski definition) is 2. The summed E-state index contributed by atoms with van der Waals surface area (Å²) in [4.78, 5) is 19.5. The van der Waals surface area contributed by atoms with E-state index in [1.165, 1.54) is 6.07 Å². The molecule has 1 aromatic heterocycles. The molecule has 3 aromatic rings. The van der Waals surface area contributed by atoms with Crippen molar-refractivity contribution >= 4 is 16.8 Å². The summed E-state index contributed by atoms with van der Waals surface area (Å²) in [6, 6.07) is 14.3. The van der Waals surface area contributed by atoms with Crippen LogP contribution < -0.4 is 0 Å². The van der Waals surface area contributed by atoms with Gasteiger partial charge in [-0.15, -0.1) is 0 Å². The van der Waals surface area contributed by atoms with Gasteiger partial charge in [0.2, 0.25) is 0 Å². The highest BCUT2D eigenvalue weighted by molar-refractivity contribution is 6.07. The van der Waals surface area contributed by atoms with Crippen LogP contribution in [-0.2, 0) is 19.4 Å². The van der Waals surface area contributed by atoms with Crippen LogP contribution in [0.15, 0.2) is 48.5 Å².